The molecule has 0 fully saturated rings. The van der Waals surface area contributed by atoms with Crippen LogP contribution in [0.1, 0.15) is 23.7 Å². The molecular weight excluding hydrogens is 262 g/mol. The van der Waals surface area contributed by atoms with Crippen molar-refractivity contribution in [2.24, 2.45) is 0 Å². The van der Waals surface area contributed by atoms with E-state index in [4.69, 9.17) is 5.11 Å². The standard InChI is InChI=1S/C10H10BrNO3/c1-2-9(13)12-8-4-3-6(11)5-7(8)10(14)15/h3-5H,2H2,1H3,(H,12,13)(H,14,15). The van der Waals surface area contributed by atoms with Crippen molar-refractivity contribution in [3.05, 3.63) is 28.2 Å². The first-order chi connectivity index (χ1) is 7.04. The molecule has 0 aromatic heterocycles. The molecule has 2 N–H and O–H groups in total. The number of hydrogen-bond donors (Lipinski definition) is 2. The van der Waals surface area contributed by atoms with Crippen molar-refractivity contribution in [2.75, 3.05) is 5.32 Å². The third-order valence-corrected chi connectivity index (χ3v) is 2.30. The number of hydrogen-bond acceptors (Lipinski definition) is 2. The summed E-state index contributed by atoms with van der Waals surface area (Å²) in [5, 5.41) is 11.4. The normalized spacial score (nSPS) is 9.73. The Balaban J connectivity index is 3.06. The van der Waals surface area contributed by atoms with Crippen LogP contribution in [-0.4, -0.2) is 17.0 Å². The fraction of sp³-hybridized carbons (Fsp3) is 0.200. The maximum Gasteiger partial charge on any atom is 0.337 e. The largest absolute Gasteiger partial charge is 0.478 e. The Kier molecular flexibility index (Phi) is 3.85. The van der Waals surface area contributed by atoms with Gasteiger partial charge in [0, 0.05) is 10.9 Å². The Morgan fingerprint density at radius 2 is 2.13 bits per heavy atom. The lowest BCUT2D eigenvalue weighted by Gasteiger charge is -2.07. The SMILES string of the molecule is CCC(=O)Nc1ccc(Br)cc1C(=O)O. The van der Waals surface area contributed by atoms with Crippen molar-refractivity contribution < 1.29 is 14.7 Å². The number of carboxylic acids is 1. The molecule has 0 heterocycles. The van der Waals surface area contributed by atoms with Crippen molar-refractivity contribution >= 4 is 33.5 Å². The van der Waals surface area contributed by atoms with Crippen LogP contribution in [0.2, 0.25) is 0 Å². The Labute approximate surface area is 95.4 Å². The van der Waals surface area contributed by atoms with Crippen LogP contribution in [0.3, 0.4) is 0 Å². The van der Waals surface area contributed by atoms with Gasteiger partial charge in [0.25, 0.3) is 0 Å². The van der Waals surface area contributed by atoms with E-state index in [1.54, 1.807) is 19.1 Å². The van der Waals surface area contributed by atoms with Crippen LogP contribution >= 0.6 is 15.9 Å². The summed E-state index contributed by atoms with van der Waals surface area (Å²) >= 11 is 3.17. The summed E-state index contributed by atoms with van der Waals surface area (Å²) in [5.41, 5.74) is 0.392. The fourth-order valence-electron chi connectivity index (χ4n) is 1.04. The minimum Gasteiger partial charge on any atom is -0.478 e. The van der Waals surface area contributed by atoms with Gasteiger partial charge in [-0.05, 0) is 18.2 Å². The second-order valence-electron chi connectivity index (χ2n) is 2.90. The predicted octanol–water partition coefficient (Wildman–Crippen LogP) is 2.50. The molecule has 0 bridgehead atoms. The number of carbonyl (C=O) groups is 2. The van der Waals surface area contributed by atoms with E-state index in [0.29, 0.717) is 16.6 Å². The molecule has 4 nitrogen and oxygen atoms in total. The van der Waals surface area contributed by atoms with Gasteiger partial charge in [0.2, 0.25) is 5.91 Å². The molecule has 0 atom stereocenters. The number of carboxylic acid groups (broad SMARTS) is 1. The first-order valence-corrected chi connectivity index (χ1v) is 5.16. The number of nitrogens with one attached hydrogen (secondary N) is 1. The van der Waals surface area contributed by atoms with Gasteiger partial charge in [-0.1, -0.05) is 22.9 Å². The highest BCUT2D eigenvalue weighted by atomic mass is 79.9. The van der Waals surface area contributed by atoms with E-state index >= 15 is 0 Å². The van der Waals surface area contributed by atoms with Gasteiger partial charge in [-0.15, -0.1) is 0 Å². The van der Waals surface area contributed by atoms with E-state index in [-0.39, 0.29) is 11.5 Å². The molecule has 1 aromatic rings. The first-order valence-electron chi connectivity index (χ1n) is 4.37. The Morgan fingerprint density at radius 1 is 1.47 bits per heavy atom. The highest BCUT2D eigenvalue weighted by Gasteiger charge is 2.11. The number of carbonyl (C=O) groups excluding carboxylic acids is 1. The summed E-state index contributed by atoms with van der Waals surface area (Å²) in [6.07, 6.45) is 0.315. The molecule has 0 radical (unpaired) electrons. The third kappa shape index (κ3) is 3.06. The van der Waals surface area contributed by atoms with E-state index < -0.39 is 5.97 Å². The lowest BCUT2D eigenvalue weighted by Crippen LogP contribution is -2.13. The van der Waals surface area contributed by atoms with Crippen LogP contribution in [0.25, 0.3) is 0 Å². The number of aromatic carboxylic acids is 1. The van der Waals surface area contributed by atoms with Gasteiger partial charge in [0.15, 0.2) is 0 Å². The molecule has 1 aromatic carbocycles. The van der Waals surface area contributed by atoms with Crippen LogP contribution in [-0.2, 0) is 4.79 Å². The molecule has 0 saturated carbocycles. The van der Waals surface area contributed by atoms with Crippen molar-refractivity contribution in [1.29, 1.82) is 0 Å². The van der Waals surface area contributed by atoms with E-state index in [0.717, 1.165) is 0 Å². The van der Waals surface area contributed by atoms with Gasteiger partial charge in [0.1, 0.15) is 0 Å². The van der Waals surface area contributed by atoms with Crippen LogP contribution in [0.4, 0.5) is 5.69 Å². The highest BCUT2D eigenvalue weighted by molar-refractivity contribution is 9.10. The van der Waals surface area contributed by atoms with Gasteiger partial charge in [-0.25, -0.2) is 4.79 Å². The lowest BCUT2D eigenvalue weighted by molar-refractivity contribution is -0.115. The second kappa shape index (κ2) is 4.93. The third-order valence-electron chi connectivity index (χ3n) is 1.81. The van der Waals surface area contributed by atoms with Gasteiger partial charge in [0.05, 0.1) is 11.3 Å². The zero-order valence-electron chi connectivity index (χ0n) is 8.08. The minimum absolute atomic E-state index is 0.0752. The van der Waals surface area contributed by atoms with Crippen LogP contribution in [0.15, 0.2) is 22.7 Å². The van der Waals surface area contributed by atoms with Crippen molar-refractivity contribution in [3.63, 3.8) is 0 Å². The van der Waals surface area contributed by atoms with Gasteiger partial charge in [-0.2, -0.15) is 0 Å². The van der Waals surface area contributed by atoms with E-state index in [9.17, 15) is 9.59 Å². The molecule has 5 heteroatoms. The van der Waals surface area contributed by atoms with Gasteiger partial charge < -0.3 is 10.4 Å². The van der Waals surface area contributed by atoms with Crippen molar-refractivity contribution in [1.82, 2.24) is 0 Å². The topological polar surface area (TPSA) is 66.4 Å². The van der Waals surface area contributed by atoms with E-state index in [2.05, 4.69) is 21.2 Å². The average molecular weight is 272 g/mol. The summed E-state index contributed by atoms with van der Waals surface area (Å²) in [4.78, 5) is 22.0. The maximum atomic E-state index is 11.1. The number of halogens is 1. The number of rotatable bonds is 3. The number of amides is 1. The van der Waals surface area contributed by atoms with Crippen LogP contribution in [0, 0.1) is 0 Å². The lowest BCUT2D eigenvalue weighted by atomic mass is 10.2. The van der Waals surface area contributed by atoms with Crippen LogP contribution in [0.5, 0.6) is 0 Å². The van der Waals surface area contributed by atoms with Crippen molar-refractivity contribution in [2.45, 2.75) is 13.3 Å². The number of anilines is 1. The Morgan fingerprint density at radius 3 is 2.67 bits per heavy atom. The molecule has 0 aliphatic heterocycles. The number of benzene rings is 1. The minimum atomic E-state index is -1.07. The summed E-state index contributed by atoms with van der Waals surface area (Å²) < 4.78 is 0.661. The molecule has 80 valence electrons. The molecule has 0 aliphatic rings. The van der Waals surface area contributed by atoms with Crippen LogP contribution < -0.4 is 5.32 Å². The molecule has 0 saturated heterocycles. The maximum absolute atomic E-state index is 11.1. The van der Waals surface area contributed by atoms with Gasteiger partial charge >= 0.3 is 5.97 Å². The molecule has 1 amide bonds. The molecular formula is C10H10BrNO3. The van der Waals surface area contributed by atoms with E-state index in [1.807, 2.05) is 0 Å². The predicted molar refractivity (Wildman–Crippen MR) is 60.0 cm³/mol. The second-order valence-corrected chi connectivity index (χ2v) is 3.81. The quantitative estimate of drug-likeness (QED) is 0.888. The highest BCUT2D eigenvalue weighted by Crippen LogP contribution is 2.21. The van der Waals surface area contributed by atoms with E-state index in [1.165, 1.54) is 6.07 Å². The molecule has 0 aliphatic carbocycles. The Bertz CT molecular complexity index is 404. The Hall–Kier alpha value is -1.36. The smallest absolute Gasteiger partial charge is 0.337 e. The average Bonchev–Trinajstić information content (AvgIpc) is 2.20. The fourth-order valence-corrected chi connectivity index (χ4v) is 1.40. The molecule has 0 spiro atoms. The molecule has 1 rings (SSSR count). The summed E-state index contributed by atoms with van der Waals surface area (Å²) in [6, 6.07) is 4.69. The molecule has 15 heavy (non-hydrogen) atoms. The zero-order chi connectivity index (χ0) is 11.4. The van der Waals surface area contributed by atoms with Crippen molar-refractivity contribution in [3.8, 4) is 0 Å². The first kappa shape index (κ1) is 11.7. The molecule has 0 unspecified atom stereocenters. The summed E-state index contributed by atoms with van der Waals surface area (Å²) in [6.45, 7) is 1.70. The zero-order valence-corrected chi connectivity index (χ0v) is 9.67. The summed E-state index contributed by atoms with van der Waals surface area (Å²) in [5.74, 6) is -1.28. The summed E-state index contributed by atoms with van der Waals surface area (Å²) in [7, 11) is 0. The monoisotopic (exact) mass is 271 g/mol. The van der Waals surface area contributed by atoms with Gasteiger partial charge in [-0.3, -0.25) is 4.79 Å².